The molecule has 2 N–H and O–H groups in total. The molecule has 11 heteroatoms. The molecule has 206 valence electrons. The molecule has 0 unspecified atom stereocenters. The zero-order valence-corrected chi connectivity index (χ0v) is 22.0. The number of H-pyrrole nitrogens is 2. The number of rotatable bonds is 6. The van der Waals surface area contributed by atoms with Crippen molar-refractivity contribution in [1.82, 2.24) is 35.0 Å². The molecular weight excluding hydrogens is 531 g/mol. The number of aromatic nitrogens is 6. The number of likely N-dealkylation sites (tertiary alicyclic amines) is 1. The van der Waals surface area contributed by atoms with E-state index in [1.165, 1.54) is 19.2 Å². The zero-order valence-electron chi connectivity index (χ0n) is 22.0. The van der Waals surface area contributed by atoms with E-state index in [0.29, 0.717) is 41.5 Å². The lowest BCUT2D eigenvalue weighted by atomic mass is 10.1. The second kappa shape index (κ2) is 9.70. The van der Waals surface area contributed by atoms with E-state index < -0.39 is 11.7 Å². The molecule has 1 aliphatic heterocycles. The third-order valence-corrected chi connectivity index (χ3v) is 7.38. The Balaban J connectivity index is 1.25. The Bertz CT molecular complexity index is 1920. The second-order valence-electron chi connectivity index (χ2n) is 10.3. The van der Waals surface area contributed by atoms with Crippen LogP contribution in [0.4, 0.5) is 13.2 Å². The summed E-state index contributed by atoms with van der Waals surface area (Å²) < 4.78 is 46.8. The Kier molecular flexibility index (Phi) is 5.97. The molecule has 0 spiro atoms. The van der Waals surface area contributed by atoms with Crippen molar-refractivity contribution in [3.63, 3.8) is 0 Å². The number of fused-ring (bicyclic) bond motifs is 2. The summed E-state index contributed by atoms with van der Waals surface area (Å²) in [6.07, 6.45) is 6.67. The van der Waals surface area contributed by atoms with Crippen LogP contribution in [0, 0.1) is 5.82 Å². The molecule has 7 rings (SSSR count). The summed E-state index contributed by atoms with van der Waals surface area (Å²) in [6, 6.07) is 12.2. The number of nitrogens with zero attached hydrogens (tertiary/aromatic N) is 5. The predicted molar refractivity (Wildman–Crippen MR) is 149 cm³/mol. The van der Waals surface area contributed by atoms with Crippen molar-refractivity contribution in [1.29, 1.82) is 0 Å². The van der Waals surface area contributed by atoms with Gasteiger partial charge in [-0.15, -0.1) is 0 Å². The molecule has 8 nitrogen and oxygen atoms in total. The fourth-order valence-electron chi connectivity index (χ4n) is 5.42. The van der Waals surface area contributed by atoms with Crippen LogP contribution in [0.5, 0.6) is 5.75 Å². The van der Waals surface area contributed by atoms with Gasteiger partial charge in [-0.2, -0.15) is 5.10 Å². The Morgan fingerprint density at radius 2 is 1.83 bits per heavy atom. The van der Waals surface area contributed by atoms with Gasteiger partial charge < -0.3 is 9.72 Å². The number of hydrogen-bond acceptors (Lipinski definition) is 6. The van der Waals surface area contributed by atoms with E-state index >= 15 is 0 Å². The number of alkyl halides is 2. The summed E-state index contributed by atoms with van der Waals surface area (Å²) >= 11 is 0. The Labute approximate surface area is 232 Å². The van der Waals surface area contributed by atoms with Gasteiger partial charge in [-0.25, -0.2) is 13.2 Å². The number of pyridine rings is 3. The van der Waals surface area contributed by atoms with E-state index in [4.69, 9.17) is 4.74 Å². The molecule has 0 radical (unpaired) electrons. The highest BCUT2D eigenvalue weighted by Gasteiger charge is 2.37. The number of aromatic amines is 2. The number of halogens is 3. The summed E-state index contributed by atoms with van der Waals surface area (Å²) in [6.45, 7) is 0.515. The SMILES string of the molecule is COc1cc(F)cc(-c2nccc3[nH]c(-c4n[nH]c5cnc(-c6cncc(CN7CCC(F)(F)C7)c6)cc45)cc23)c1. The molecule has 0 amide bonds. The lowest BCUT2D eigenvalue weighted by Crippen LogP contribution is -2.24. The van der Waals surface area contributed by atoms with Crippen LogP contribution in [0.3, 0.4) is 0 Å². The predicted octanol–water partition coefficient (Wildman–Crippen LogP) is 6.22. The van der Waals surface area contributed by atoms with Gasteiger partial charge >= 0.3 is 0 Å². The van der Waals surface area contributed by atoms with E-state index in [2.05, 4.69) is 30.1 Å². The molecule has 1 saturated heterocycles. The molecule has 6 heterocycles. The van der Waals surface area contributed by atoms with Crippen LogP contribution in [0.1, 0.15) is 12.0 Å². The number of nitrogens with one attached hydrogen (secondary N) is 2. The van der Waals surface area contributed by atoms with Gasteiger partial charge in [-0.05, 0) is 42.0 Å². The van der Waals surface area contributed by atoms with Crippen LogP contribution in [-0.4, -0.2) is 61.2 Å². The summed E-state index contributed by atoms with van der Waals surface area (Å²) in [5.41, 5.74) is 6.54. The Morgan fingerprint density at radius 1 is 0.951 bits per heavy atom. The molecule has 0 aliphatic carbocycles. The van der Waals surface area contributed by atoms with Gasteiger partial charge in [0.15, 0.2) is 0 Å². The van der Waals surface area contributed by atoms with Gasteiger partial charge in [-0.3, -0.25) is 25.0 Å². The van der Waals surface area contributed by atoms with E-state index in [1.807, 2.05) is 24.3 Å². The Morgan fingerprint density at radius 3 is 2.66 bits per heavy atom. The summed E-state index contributed by atoms with van der Waals surface area (Å²) in [4.78, 5) is 18.6. The third-order valence-electron chi connectivity index (χ3n) is 7.38. The standard InChI is InChI=1S/C30H24F3N7O/c1-41-21-8-18(7-20(31)9-21)28-22-11-26(37-24(22)2-4-35-28)29-23-10-25(36-14-27(23)38-39-29)19-6-17(12-34-13-19)15-40-5-3-30(32,33)16-40/h2,4,6-14,37H,3,5,15-16H2,1H3,(H,38,39). The third kappa shape index (κ3) is 4.78. The van der Waals surface area contributed by atoms with Crippen molar-refractivity contribution in [3.05, 3.63) is 78.6 Å². The minimum absolute atomic E-state index is 0.122. The fourth-order valence-corrected chi connectivity index (χ4v) is 5.42. The minimum atomic E-state index is -2.64. The van der Waals surface area contributed by atoms with E-state index in [0.717, 1.165) is 38.6 Å². The first-order chi connectivity index (χ1) is 19.8. The van der Waals surface area contributed by atoms with Gasteiger partial charge in [-0.1, -0.05) is 0 Å². The Hall–Kier alpha value is -4.77. The maximum atomic E-state index is 14.3. The molecule has 0 atom stereocenters. The number of benzene rings is 1. The first-order valence-corrected chi connectivity index (χ1v) is 13.1. The average Bonchev–Trinajstić information content (AvgIpc) is 3.68. The van der Waals surface area contributed by atoms with Gasteiger partial charge in [0, 0.05) is 71.6 Å². The number of ether oxygens (including phenoxy) is 1. The maximum absolute atomic E-state index is 14.3. The molecule has 0 bridgehead atoms. The van der Waals surface area contributed by atoms with Gasteiger partial charge in [0.1, 0.15) is 17.3 Å². The summed E-state index contributed by atoms with van der Waals surface area (Å²) in [5.74, 6) is -2.65. The molecule has 0 saturated carbocycles. The normalized spacial score (nSPS) is 15.2. The first kappa shape index (κ1) is 25.2. The second-order valence-corrected chi connectivity index (χ2v) is 10.3. The van der Waals surface area contributed by atoms with Crippen LogP contribution in [0.2, 0.25) is 0 Å². The summed E-state index contributed by atoms with van der Waals surface area (Å²) in [7, 11) is 1.49. The molecule has 1 aromatic carbocycles. The van der Waals surface area contributed by atoms with Gasteiger partial charge in [0.05, 0.1) is 42.4 Å². The molecule has 5 aromatic heterocycles. The van der Waals surface area contributed by atoms with E-state index in [1.54, 1.807) is 35.8 Å². The van der Waals surface area contributed by atoms with Crippen LogP contribution in [0.15, 0.2) is 67.3 Å². The number of hydrogen-bond donors (Lipinski definition) is 2. The summed E-state index contributed by atoms with van der Waals surface area (Å²) in [5, 5.41) is 9.24. The van der Waals surface area contributed by atoms with Crippen molar-refractivity contribution < 1.29 is 17.9 Å². The highest BCUT2D eigenvalue weighted by Crippen LogP contribution is 2.35. The molecular formula is C30H24F3N7O. The van der Waals surface area contributed by atoms with E-state index in [9.17, 15) is 13.2 Å². The van der Waals surface area contributed by atoms with Gasteiger partial charge in [0.2, 0.25) is 0 Å². The smallest absolute Gasteiger partial charge is 0.261 e. The number of methoxy groups -OCH3 is 1. The van der Waals surface area contributed by atoms with Crippen molar-refractivity contribution >= 4 is 21.8 Å². The average molecular weight is 556 g/mol. The first-order valence-electron chi connectivity index (χ1n) is 13.1. The van der Waals surface area contributed by atoms with Crippen molar-refractivity contribution in [2.24, 2.45) is 0 Å². The van der Waals surface area contributed by atoms with Crippen molar-refractivity contribution in [3.8, 4) is 39.7 Å². The zero-order chi connectivity index (χ0) is 28.1. The molecule has 6 aromatic rings. The minimum Gasteiger partial charge on any atom is -0.497 e. The monoisotopic (exact) mass is 555 g/mol. The van der Waals surface area contributed by atoms with Crippen LogP contribution < -0.4 is 4.74 Å². The lowest BCUT2D eigenvalue weighted by molar-refractivity contribution is 0.0115. The molecule has 1 fully saturated rings. The van der Waals surface area contributed by atoms with Crippen LogP contribution in [-0.2, 0) is 6.54 Å². The largest absolute Gasteiger partial charge is 0.497 e. The fraction of sp³-hybridized carbons (Fsp3) is 0.200. The van der Waals surface area contributed by atoms with Crippen LogP contribution >= 0.6 is 0 Å². The van der Waals surface area contributed by atoms with Crippen LogP contribution in [0.25, 0.3) is 55.7 Å². The van der Waals surface area contributed by atoms with Crippen molar-refractivity contribution in [2.75, 3.05) is 20.2 Å². The lowest BCUT2D eigenvalue weighted by Gasteiger charge is -2.15. The van der Waals surface area contributed by atoms with E-state index in [-0.39, 0.29) is 13.0 Å². The van der Waals surface area contributed by atoms with Crippen molar-refractivity contribution in [2.45, 2.75) is 18.9 Å². The van der Waals surface area contributed by atoms with Gasteiger partial charge in [0.25, 0.3) is 5.92 Å². The highest BCUT2D eigenvalue weighted by atomic mass is 19.3. The highest BCUT2D eigenvalue weighted by molar-refractivity contribution is 6.00. The molecule has 41 heavy (non-hydrogen) atoms. The maximum Gasteiger partial charge on any atom is 0.261 e. The topological polar surface area (TPSA) is 95.6 Å². The molecule has 1 aliphatic rings. The quantitative estimate of drug-likeness (QED) is 0.253.